The normalized spacial score (nSPS) is 26.1. The molecule has 3 rings (SSSR count). The number of carbonyl (C=O) groups is 1. The summed E-state index contributed by atoms with van der Waals surface area (Å²) in [5, 5.41) is 3.76. The largest absolute Gasteiger partial charge is 0.378 e. The van der Waals surface area contributed by atoms with Crippen molar-refractivity contribution in [1.82, 2.24) is 10.2 Å². The molecule has 0 spiro atoms. The lowest BCUT2D eigenvalue weighted by Crippen LogP contribution is -2.50. The number of rotatable bonds is 4. The summed E-state index contributed by atoms with van der Waals surface area (Å²) in [4.78, 5) is 14.7. The van der Waals surface area contributed by atoms with Gasteiger partial charge < -0.3 is 10.1 Å². The van der Waals surface area contributed by atoms with E-state index in [1.807, 2.05) is 24.3 Å². The molecule has 0 radical (unpaired) electrons. The van der Waals surface area contributed by atoms with Gasteiger partial charge in [-0.1, -0.05) is 29.8 Å². The van der Waals surface area contributed by atoms with Gasteiger partial charge in [0.05, 0.1) is 31.7 Å². The maximum Gasteiger partial charge on any atom is 0.224 e. The number of halogens is 1. The number of benzene rings is 1. The summed E-state index contributed by atoms with van der Waals surface area (Å²) >= 11 is 6.10. The molecule has 2 fully saturated rings. The number of hydrogen-bond donors (Lipinski definition) is 1. The molecule has 2 aliphatic heterocycles. The first-order valence-electron chi connectivity index (χ1n) is 7.58. The topological polar surface area (TPSA) is 41.6 Å². The Morgan fingerprint density at radius 3 is 2.81 bits per heavy atom. The predicted molar refractivity (Wildman–Crippen MR) is 82.5 cm³/mol. The molecule has 2 saturated heterocycles. The maximum atomic E-state index is 12.2. The number of nitrogens with zero attached hydrogens (tertiary/aromatic N) is 1. The number of carbonyl (C=O) groups excluding carboxylic acids is 1. The lowest BCUT2D eigenvalue weighted by Gasteiger charge is -2.28. The molecule has 0 aromatic heterocycles. The van der Waals surface area contributed by atoms with Gasteiger partial charge in [0.1, 0.15) is 0 Å². The number of likely N-dealkylation sites (tertiary alicyclic amines) is 1. The summed E-state index contributed by atoms with van der Waals surface area (Å²) in [5.74, 6) is 0.0165. The zero-order chi connectivity index (χ0) is 14.7. The standard InChI is InChI=1S/C16H21ClN2O2/c17-13-6-2-1-5-12(13)9-16(20)18-14-10-21-11-15(14)19-7-3-4-8-19/h1-2,5-6,14-15H,3-4,7-11H2,(H,18,20)/t14-,15-/m1/s1. The Bertz CT molecular complexity index is 503. The Morgan fingerprint density at radius 1 is 1.29 bits per heavy atom. The Kier molecular flexibility index (Phi) is 4.78. The molecule has 114 valence electrons. The maximum absolute atomic E-state index is 12.2. The molecule has 5 heteroatoms. The van der Waals surface area contributed by atoms with Crippen LogP contribution in [0.3, 0.4) is 0 Å². The predicted octanol–water partition coefficient (Wildman–Crippen LogP) is 1.86. The van der Waals surface area contributed by atoms with Crippen molar-refractivity contribution in [3.8, 4) is 0 Å². The van der Waals surface area contributed by atoms with Crippen LogP contribution in [0.25, 0.3) is 0 Å². The van der Waals surface area contributed by atoms with E-state index < -0.39 is 0 Å². The fourth-order valence-corrected chi connectivity index (χ4v) is 3.39. The van der Waals surface area contributed by atoms with E-state index in [-0.39, 0.29) is 11.9 Å². The van der Waals surface area contributed by atoms with Crippen molar-refractivity contribution < 1.29 is 9.53 Å². The van der Waals surface area contributed by atoms with Crippen molar-refractivity contribution in [2.24, 2.45) is 0 Å². The third kappa shape index (κ3) is 3.57. The molecule has 0 saturated carbocycles. The van der Waals surface area contributed by atoms with Crippen molar-refractivity contribution in [1.29, 1.82) is 0 Å². The summed E-state index contributed by atoms with van der Waals surface area (Å²) in [7, 11) is 0. The Labute approximate surface area is 130 Å². The van der Waals surface area contributed by atoms with E-state index in [4.69, 9.17) is 16.3 Å². The minimum atomic E-state index is 0.0165. The van der Waals surface area contributed by atoms with Crippen LogP contribution in [-0.4, -0.2) is 49.2 Å². The average Bonchev–Trinajstić information content (AvgIpc) is 3.11. The van der Waals surface area contributed by atoms with Crippen molar-refractivity contribution in [2.45, 2.75) is 31.3 Å². The van der Waals surface area contributed by atoms with Crippen molar-refractivity contribution >= 4 is 17.5 Å². The van der Waals surface area contributed by atoms with Gasteiger partial charge in [-0.25, -0.2) is 0 Å². The zero-order valence-corrected chi connectivity index (χ0v) is 12.8. The molecule has 2 heterocycles. The van der Waals surface area contributed by atoms with Crippen LogP contribution in [0.1, 0.15) is 18.4 Å². The molecule has 4 nitrogen and oxygen atoms in total. The van der Waals surface area contributed by atoms with E-state index in [1.54, 1.807) is 0 Å². The Morgan fingerprint density at radius 2 is 2.05 bits per heavy atom. The highest BCUT2D eigenvalue weighted by atomic mass is 35.5. The second kappa shape index (κ2) is 6.77. The molecule has 2 atom stereocenters. The van der Waals surface area contributed by atoms with Crippen LogP contribution in [-0.2, 0) is 16.0 Å². The van der Waals surface area contributed by atoms with Gasteiger partial charge in [0.15, 0.2) is 0 Å². The Hall–Kier alpha value is -1.10. The van der Waals surface area contributed by atoms with Gasteiger partial charge in [-0.2, -0.15) is 0 Å². The summed E-state index contributed by atoms with van der Waals surface area (Å²) in [6, 6.07) is 7.90. The second-order valence-electron chi connectivity index (χ2n) is 5.79. The van der Waals surface area contributed by atoms with E-state index in [0.717, 1.165) is 25.3 Å². The van der Waals surface area contributed by atoms with Crippen LogP contribution >= 0.6 is 11.6 Å². The Balaban J connectivity index is 1.57. The molecule has 0 bridgehead atoms. The third-order valence-electron chi connectivity index (χ3n) is 4.32. The first kappa shape index (κ1) is 14.8. The average molecular weight is 309 g/mol. The molecule has 1 aromatic carbocycles. The van der Waals surface area contributed by atoms with Crippen molar-refractivity contribution in [3.05, 3.63) is 34.9 Å². The highest BCUT2D eigenvalue weighted by Gasteiger charge is 2.35. The molecular weight excluding hydrogens is 288 g/mol. The number of amides is 1. The van der Waals surface area contributed by atoms with Gasteiger partial charge in [-0.3, -0.25) is 9.69 Å². The third-order valence-corrected chi connectivity index (χ3v) is 4.68. The molecule has 1 aromatic rings. The van der Waals surface area contributed by atoms with Gasteiger partial charge in [0, 0.05) is 5.02 Å². The zero-order valence-electron chi connectivity index (χ0n) is 12.1. The van der Waals surface area contributed by atoms with E-state index in [9.17, 15) is 4.79 Å². The van der Waals surface area contributed by atoms with E-state index >= 15 is 0 Å². The first-order chi connectivity index (χ1) is 10.2. The van der Waals surface area contributed by atoms with Gasteiger partial charge >= 0.3 is 0 Å². The molecule has 0 aliphatic carbocycles. The van der Waals surface area contributed by atoms with E-state index in [2.05, 4.69) is 10.2 Å². The number of hydrogen-bond acceptors (Lipinski definition) is 3. The summed E-state index contributed by atoms with van der Waals surface area (Å²) in [5.41, 5.74) is 0.869. The van der Waals surface area contributed by atoms with Crippen LogP contribution in [0.4, 0.5) is 0 Å². The smallest absolute Gasteiger partial charge is 0.224 e. The van der Waals surface area contributed by atoms with Crippen molar-refractivity contribution in [2.75, 3.05) is 26.3 Å². The molecular formula is C16H21ClN2O2. The molecule has 1 amide bonds. The first-order valence-corrected chi connectivity index (χ1v) is 7.96. The van der Waals surface area contributed by atoms with Gasteiger partial charge in [0.25, 0.3) is 0 Å². The molecule has 2 aliphatic rings. The lowest BCUT2D eigenvalue weighted by molar-refractivity contribution is -0.121. The fourth-order valence-electron chi connectivity index (χ4n) is 3.19. The summed E-state index contributed by atoms with van der Waals surface area (Å²) < 4.78 is 5.57. The highest BCUT2D eigenvalue weighted by molar-refractivity contribution is 6.31. The summed E-state index contributed by atoms with van der Waals surface area (Å²) in [6.07, 6.45) is 2.82. The van der Waals surface area contributed by atoms with Crippen LogP contribution < -0.4 is 5.32 Å². The van der Waals surface area contributed by atoms with Gasteiger partial charge in [-0.05, 0) is 37.6 Å². The fraction of sp³-hybridized carbons (Fsp3) is 0.562. The van der Waals surface area contributed by atoms with Gasteiger partial charge in [-0.15, -0.1) is 0 Å². The minimum absolute atomic E-state index is 0.0165. The molecule has 0 unspecified atom stereocenters. The van der Waals surface area contributed by atoms with E-state index in [1.165, 1.54) is 12.8 Å². The van der Waals surface area contributed by atoms with Crippen LogP contribution in [0, 0.1) is 0 Å². The van der Waals surface area contributed by atoms with Crippen LogP contribution in [0.15, 0.2) is 24.3 Å². The molecule has 1 N–H and O–H groups in total. The SMILES string of the molecule is O=C(Cc1ccccc1Cl)N[C@@H]1COC[C@H]1N1CCCC1. The monoisotopic (exact) mass is 308 g/mol. The number of ether oxygens (including phenoxy) is 1. The lowest BCUT2D eigenvalue weighted by atomic mass is 10.1. The summed E-state index contributed by atoms with van der Waals surface area (Å²) in [6.45, 7) is 3.56. The number of nitrogens with one attached hydrogen (secondary N) is 1. The quantitative estimate of drug-likeness (QED) is 0.923. The highest BCUT2D eigenvalue weighted by Crippen LogP contribution is 2.20. The van der Waals surface area contributed by atoms with Crippen molar-refractivity contribution in [3.63, 3.8) is 0 Å². The van der Waals surface area contributed by atoms with E-state index in [0.29, 0.717) is 24.1 Å². The van der Waals surface area contributed by atoms with Crippen LogP contribution in [0.5, 0.6) is 0 Å². The molecule has 21 heavy (non-hydrogen) atoms. The van der Waals surface area contributed by atoms with Gasteiger partial charge in [0.2, 0.25) is 5.91 Å². The second-order valence-corrected chi connectivity index (χ2v) is 6.20. The minimum Gasteiger partial charge on any atom is -0.378 e. The van der Waals surface area contributed by atoms with Crippen LogP contribution in [0.2, 0.25) is 5.02 Å².